The summed E-state index contributed by atoms with van der Waals surface area (Å²) in [6, 6.07) is 24.8. The van der Waals surface area contributed by atoms with Gasteiger partial charge in [0.15, 0.2) is 0 Å². The number of amides is 2. The summed E-state index contributed by atoms with van der Waals surface area (Å²) < 4.78 is 0. The number of nitrogens with zero attached hydrogens (tertiary/aromatic N) is 1. The summed E-state index contributed by atoms with van der Waals surface area (Å²) in [6.45, 7) is 0.361. The second-order valence-corrected chi connectivity index (χ2v) is 8.33. The summed E-state index contributed by atoms with van der Waals surface area (Å²) in [5.74, 6) is -0.594. The lowest BCUT2D eigenvalue weighted by atomic mass is 10.1. The van der Waals surface area contributed by atoms with E-state index in [2.05, 4.69) is 5.32 Å². The van der Waals surface area contributed by atoms with Crippen LogP contribution in [0.15, 0.2) is 88.7 Å². The Hall–Kier alpha value is -2.76. The highest BCUT2D eigenvalue weighted by atomic mass is 35.5. The number of hydrogen-bond acceptors (Lipinski definition) is 3. The lowest BCUT2D eigenvalue weighted by Gasteiger charge is -2.17. The van der Waals surface area contributed by atoms with Gasteiger partial charge in [0.2, 0.25) is 11.8 Å². The van der Waals surface area contributed by atoms with Crippen LogP contribution in [0, 0.1) is 5.92 Å². The number of hydrogen-bond donors (Lipinski definition) is 1. The van der Waals surface area contributed by atoms with Gasteiger partial charge >= 0.3 is 0 Å². The summed E-state index contributed by atoms with van der Waals surface area (Å²) >= 11 is 7.52. The molecule has 146 valence electrons. The van der Waals surface area contributed by atoms with Gasteiger partial charge in [-0.15, -0.1) is 0 Å². The van der Waals surface area contributed by atoms with E-state index in [4.69, 9.17) is 11.6 Å². The third-order valence-electron chi connectivity index (χ3n) is 4.75. The van der Waals surface area contributed by atoms with Crippen LogP contribution in [0.25, 0.3) is 0 Å². The minimum absolute atomic E-state index is 0.0561. The minimum Gasteiger partial charge on any atom is -0.325 e. The molecule has 0 aromatic heterocycles. The molecule has 4 rings (SSSR count). The number of carbonyl (C=O) groups excluding carboxylic acids is 2. The smallest absolute Gasteiger partial charge is 0.229 e. The van der Waals surface area contributed by atoms with Crippen molar-refractivity contribution in [2.75, 3.05) is 16.8 Å². The van der Waals surface area contributed by atoms with Crippen molar-refractivity contribution in [3.8, 4) is 0 Å². The molecule has 3 aromatic carbocycles. The van der Waals surface area contributed by atoms with Crippen LogP contribution in [0.4, 0.5) is 11.4 Å². The van der Waals surface area contributed by atoms with Crippen LogP contribution in [-0.2, 0) is 9.59 Å². The van der Waals surface area contributed by atoms with Gasteiger partial charge in [-0.3, -0.25) is 9.59 Å². The predicted octanol–water partition coefficient (Wildman–Crippen LogP) is 5.48. The average molecular weight is 423 g/mol. The zero-order chi connectivity index (χ0) is 20.2. The van der Waals surface area contributed by atoms with Crippen LogP contribution in [0.1, 0.15) is 6.42 Å². The summed E-state index contributed by atoms with van der Waals surface area (Å²) in [7, 11) is 0. The molecule has 1 unspecified atom stereocenters. The molecule has 4 nitrogen and oxygen atoms in total. The summed E-state index contributed by atoms with van der Waals surface area (Å²) in [4.78, 5) is 29.0. The first-order valence-corrected chi connectivity index (χ1v) is 10.5. The second-order valence-electron chi connectivity index (χ2n) is 6.78. The minimum atomic E-state index is -0.395. The molecule has 3 aromatic rings. The van der Waals surface area contributed by atoms with Crippen LogP contribution in [0.2, 0.25) is 5.02 Å². The second kappa shape index (κ2) is 8.72. The molecule has 0 radical (unpaired) electrons. The van der Waals surface area contributed by atoms with Crippen LogP contribution in [0.3, 0.4) is 0 Å². The average Bonchev–Trinajstić information content (AvgIpc) is 3.13. The standard InChI is InChI=1S/C23H19ClN2O2S/c24-17-10-12-18(13-11-17)26-15-16(14-22(26)27)23(28)25-20-8-4-5-9-21(20)29-19-6-2-1-3-7-19/h1-13,16H,14-15H2,(H,25,28). The maximum atomic E-state index is 12.9. The molecule has 1 aliphatic heterocycles. The van der Waals surface area contributed by atoms with E-state index in [1.165, 1.54) is 0 Å². The molecule has 29 heavy (non-hydrogen) atoms. The Morgan fingerprint density at radius 3 is 2.41 bits per heavy atom. The molecule has 1 atom stereocenters. The van der Waals surface area contributed by atoms with Gasteiger partial charge in [-0.2, -0.15) is 0 Å². The van der Waals surface area contributed by atoms with Gasteiger partial charge in [0.05, 0.1) is 11.6 Å². The number of rotatable bonds is 5. The normalized spacial score (nSPS) is 16.1. The van der Waals surface area contributed by atoms with E-state index in [1.54, 1.807) is 40.9 Å². The predicted molar refractivity (Wildman–Crippen MR) is 118 cm³/mol. The van der Waals surface area contributed by atoms with E-state index in [-0.39, 0.29) is 18.2 Å². The van der Waals surface area contributed by atoms with E-state index in [0.717, 1.165) is 21.2 Å². The maximum absolute atomic E-state index is 12.9. The van der Waals surface area contributed by atoms with Crippen molar-refractivity contribution in [2.45, 2.75) is 16.2 Å². The number of halogens is 1. The number of benzene rings is 3. The first kappa shape index (κ1) is 19.6. The summed E-state index contributed by atoms with van der Waals surface area (Å²) in [5.41, 5.74) is 1.51. The largest absolute Gasteiger partial charge is 0.325 e. The Labute approximate surface area is 178 Å². The monoisotopic (exact) mass is 422 g/mol. The molecule has 1 saturated heterocycles. The molecule has 6 heteroatoms. The van der Waals surface area contributed by atoms with Crippen LogP contribution >= 0.6 is 23.4 Å². The number of carbonyl (C=O) groups is 2. The molecule has 0 bridgehead atoms. The molecular formula is C23H19ClN2O2S. The Kier molecular flexibility index (Phi) is 5.88. The zero-order valence-electron chi connectivity index (χ0n) is 15.5. The molecule has 0 spiro atoms. The number of anilines is 2. The first-order chi connectivity index (χ1) is 14.1. The van der Waals surface area contributed by atoms with Gasteiger partial charge in [0, 0.05) is 33.5 Å². The highest BCUT2D eigenvalue weighted by Crippen LogP contribution is 2.34. The van der Waals surface area contributed by atoms with Crippen molar-refractivity contribution in [1.29, 1.82) is 0 Å². The van der Waals surface area contributed by atoms with Gasteiger partial charge in [0.1, 0.15) is 0 Å². The van der Waals surface area contributed by atoms with Gasteiger partial charge in [0.25, 0.3) is 0 Å². The van der Waals surface area contributed by atoms with Crippen LogP contribution in [0.5, 0.6) is 0 Å². The highest BCUT2D eigenvalue weighted by molar-refractivity contribution is 7.99. The molecule has 1 heterocycles. The van der Waals surface area contributed by atoms with E-state index < -0.39 is 5.92 Å². The van der Waals surface area contributed by atoms with Gasteiger partial charge in [-0.25, -0.2) is 0 Å². The topological polar surface area (TPSA) is 49.4 Å². The van der Waals surface area contributed by atoms with Crippen molar-refractivity contribution in [2.24, 2.45) is 5.92 Å². The fourth-order valence-corrected chi connectivity index (χ4v) is 4.31. The van der Waals surface area contributed by atoms with E-state index >= 15 is 0 Å². The van der Waals surface area contributed by atoms with Gasteiger partial charge in [-0.1, -0.05) is 53.7 Å². The Morgan fingerprint density at radius 2 is 1.66 bits per heavy atom. The van der Waals surface area contributed by atoms with Crippen LogP contribution < -0.4 is 10.2 Å². The SMILES string of the molecule is O=C(Nc1ccccc1Sc1ccccc1)C1CC(=O)N(c2ccc(Cl)cc2)C1. The Balaban J connectivity index is 1.46. The van der Waals surface area contributed by atoms with E-state index in [0.29, 0.717) is 11.6 Å². The fraction of sp³-hybridized carbons (Fsp3) is 0.130. The highest BCUT2D eigenvalue weighted by Gasteiger charge is 2.35. The number of nitrogens with one attached hydrogen (secondary N) is 1. The van der Waals surface area contributed by atoms with Crippen molar-refractivity contribution >= 4 is 46.6 Å². The lowest BCUT2D eigenvalue weighted by molar-refractivity contribution is -0.122. The van der Waals surface area contributed by atoms with Crippen LogP contribution in [-0.4, -0.2) is 18.4 Å². The summed E-state index contributed by atoms with van der Waals surface area (Å²) in [6.07, 6.45) is 0.197. The number of para-hydroxylation sites is 1. The van der Waals surface area contributed by atoms with Gasteiger partial charge in [-0.05, 0) is 48.5 Å². The zero-order valence-corrected chi connectivity index (χ0v) is 17.1. The maximum Gasteiger partial charge on any atom is 0.229 e. The molecule has 1 N–H and O–H groups in total. The first-order valence-electron chi connectivity index (χ1n) is 9.29. The molecule has 2 amide bonds. The quantitative estimate of drug-likeness (QED) is 0.592. The van der Waals surface area contributed by atoms with Crippen molar-refractivity contribution in [3.63, 3.8) is 0 Å². The van der Waals surface area contributed by atoms with Crippen molar-refractivity contribution in [1.82, 2.24) is 0 Å². The third kappa shape index (κ3) is 4.63. The molecular weight excluding hydrogens is 404 g/mol. The molecule has 1 fully saturated rings. The lowest BCUT2D eigenvalue weighted by Crippen LogP contribution is -2.28. The Bertz CT molecular complexity index is 1020. The van der Waals surface area contributed by atoms with Crippen molar-refractivity contribution < 1.29 is 9.59 Å². The molecule has 0 saturated carbocycles. The van der Waals surface area contributed by atoms with Crippen molar-refractivity contribution in [3.05, 3.63) is 83.9 Å². The van der Waals surface area contributed by atoms with Gasteiger partial charge < -0.3 is 10.2 Å². The van der Waals surface area contributed by atoms with E-state index in [1.807, 2.05) is 54.6 Å². The summed E-state index contributed by atoms with van der Waals surface area (Å²) in [5, 5.41) is 3.63. The molecule has 0 aliphatic carbocycles. The fourth-order valence-electron chi connectivity index (χ4n) is 3.26. The third-order valence-corrected chi connectivity index (χ3v) is 6.09. The Morgan fingerprint density at radius 1 is 0.966 bits per heavy atom. The van der Waals surface area contributed by atoms with E-state index in [9.17, 15) is 9.59 Å². The molecule has 1 aliphatic rings.